The molecule has 3 aliphatic rings. The molecule has 1 saturated heterocycles. The average Bonchev–Trinajstić information content (AvgIpc) is 2.68. The lowest BCUT2D eigenvalue weighted by molar-refractivity contribution is -0.127. The zero-order chi connectivity index (χ0) is 16.1. The summed E-state index contributed by atoms with van der Waals surface area (Å²) < 4.78 is 0. The summed E-state index contributed by atoms with van der Waals surface area (Å²) in [5.41, 5.74) is 0. The lowest BCUT2D eigenvalue weighted by Gasteiger charge is -2.36. The number of ketones is 1. The van der Waals surface area contributed by atoms with E-state index in [0.29, 0.717) is 17.6 Å². The molecular formula is C21H37NO. The Balaban J connectivity index is 1.86. The van der Waals surface area contributed by atoms with E-state index in [2.05, 4.69) is 11.9 Å². The summed E-state index contributed by atoms with van der Waals surface area (Å²) in [4.78, 5) is 15.9. The van der Waals surface area contributed by atoms with Crippen LogP contribution < -0.4 is 0 Å². The van der Waals surface area contributed by atoms with Crippen molar-refractivity contribution in [2.24, 2.45) is 11.8 Å². The van der Waals surface area contributed by atoms with Gasteiger partial charge in [-0.2, -0.15) is 0 Å². The summed E-state index contributed by atoms with van der Waals surface area (Å²) in [5, 5.41) is 0. The number of hydrogen-bond donors (Lipinski definition) is 0. The Bertz CT molecular complexity index is 380. The van der Waals surface area contributed by atoms with Crippen LogP contribution in [-0.4, -0.2) is 29.8 Å². The maximum Gasteiger partial charge on any atom is 0.139 e. The molecule has 2 aliphatic carbocycles. The summed E-state index contributed by atoms with van der Waals surface area (Å²) in [7, 11) is 2.39. The third kappa shape index (κ3) is 4.59. The number of hydrogen-bond acceptors (Lipinski definition) is 2. The molecular weight excluding hydrogens is 282 g/mol. The van der Waals surface area contributed by atoms with Crippen molar-refractivity contribution in [2.45, 2.75) is 108 Å². The minimum atomic E-state index is 0.381. The Morgan fingerprint density at radius 2 is 1.09 bits per heavy atom. The maximum atomic E-state index is 13.2. The molecule has 4 atom stereocenters. The zero-order valence-electron chi connectivity index (χ0n) is 15.3. The van der Waals surface area contributed by atoms with E-state index < -0.39 is 0 Å². The number of fused-ring (bicyclic) bond motifs is 7. The molecule has 2 heteroatoms. The van der Waals surface area contributed by atoms with Crippen molar-refractivity contribution in [1.29, 1.82) is 0 Å². The number of rotatable bonds is 0. The van der Waals surface area contributed by atoms with Crippen LogP contribution in [0.1, 0.15) is 96.3 Å². The van der Waals surface area contributed by atoms with Crippen molar-refractivity contribution in [3.05, 3.63) is 0 Å². The van der Waals surface area contributed by atoms with E-state index in [9.17, 15) is 4.79 Å². The van der Waals surface area contributed by atoms with Gasteiger partial charge in [0, 0.05) is 23.9 Å². The molecule has 0 aromatic carbocycles. The van der Waals surface area contributed by atoms with E-state index in [1.165, 1.54) is 89.9 Å². The predicted molar refractivity (Wildman–Crippen MR) is 96.6 cm³/mol. The van der Waals surface area contributed by atoms with Crippen LogP contribution in [0.15, 0.2) is 0 Å². The van der Waals surface area contributed by atoms with Crippen LogP contribution in [0.4, 0.5) is 0 Å². The smallest absolute Gasteiger partial charge is 0.139 e. The molecule has 0 spiro atoms. The number of carbonyl (C=O) groups excluding carboxylic acids is 1. The van der Waals surface area contributed by atoms with Gasteiger partial charge in [0.1, 0.15) is 5.78 Å². The molecule has 1 heterocycles. The largest absolute Gasteiger partial charge is 0.300 e. The van der Waals surface area contributed by atoms with Gasteiger partial charge in [-0.1, -0.05) is 44.9 Å². The highest BCUT2D eigenvalue weighted by atomic mass is 16.1. The third-order valence-electron chi connectivity index (χ3n) is 7.07. The fraction of sp³-hybridized carbons (Fsp3) is 0.952. The average molecular weight is 320 g/mol. The molecule has 23 heavy (non-hydrogen) atoms. The Kier molecular flexibility index (Phi) is 6.56. The first-order valence-corrected chi connectivity index (χ1v) is 10.5. The topological polar surface area (TPSA) is 20.3 Å². The highest BCUT2D eigenvalue weighted by molar-refractivity contribution is 5.83. The first-order chi connectivity index (χ1) is 11.3. The van der Waals surface area contributed by atoms with E-state index in [-0.39, 0.29) is 0 Å². The van der Waals surface area contributed by atoms with E-state index in [1.807, 2.05) is 0 Å². The predicted octanol–water partition coefficient (Wildman–Crippen LogP) is 5.35. The second-order valence-corrected chi connectivity index (χ2v) is 8.55. The van der Waals surface area contributed by atoms with Crippen LogP contribution in [-0.2, 0) is 4.79 Å². The molecule has 2 saturated carbocycles. The second kappa shape index (κ2) is 8.65. The normalized spacial score (nSPS) is 38.6. The van der Waals surface area contributed by atoms with Crippen LogP contribution in [0, 0.1) is 11.8 Å². The zero-order valence-corrected chi connectivity index (χ0v) is 15.3. The molecule has 132 valence electrons. The minimum Gasteiger partial charge on any atom is -0.300 e. The lowest BCUT2D eigenvalue weighted by atomic mass is 9.80. The molecule has 4 bridgehead atoms. The number of carbonyl (C=O) groups is 1. The summed E-state index contributed by atoms with van der Waals surface area (Å²) in [6.07, 6.45) is 19.3. The van der Waals surface area contributed by atoms with Gasteiger partial charge in [-0.15, -0.1) is 0 Å². The number of nitrogens with zero attached hydrogens (tertiary/aromatic N) is 1. The lowest BCUT2D eigenvalue weighted by Crippen LogP contribution is -2.40. The van der Waals surface area contributed by atoms with Crippen molar-refractivity contribution in [3.63, 3.8) is 0 Å². The molecule has 4 unspecified atom stereocenters. The van der Waals surface area contributed by atoms with Crippen LogP contribution in [0.3, 0.4) is 0 Å². The molecule has 0 N–H and O–H groups in total. The van der Waals surface area contributed by atoms with Gasteiger partial charge in [-0.3, -0.25) is 4.79 Å². The molecule has 3 rings (SSSR count). The van der Waals surface area contributed by atoms with E-state index in [4.69, 9.17) is 0 Å². The molecule has 1 aliphatic heterocycles. The molecule has 3 fully saturated rings. The molecule has 0 aromatic heterocycles. The fourth-order valence-electron chi connectivity index (χ4n) is 5.48. The van der Waals surface area contributed by atoms with Crippen molar-refractivity contribution in [1.82, 2.24) is 4.90 Å². The Labute approximate surface area is 143 Å². The second-order valence-electron chi connectivity index (χ2n) is 8.55. The van der Waals surface area contributed by atoms with Crippen molar-refractivity contribution < 1.29 is 4.79 Å². The van der Waals surface area contributed by atoms with Gasteiger partial charge in [0.2, 0.25) is 0 Å². The Morgan fingerprint density at radius 3 is 1.78 bits per heavy atom. The van der Waals surface area contributed by atoms with Crippen LogP contribution in [0.5, 0.6) is 0 Å². The van der Waals surface area contributed by atoms with Crippen LogP contribution >= 0.6 is 0 Å². The van der Waals surface area contributed by atoms with E-state index >= 15 is 0 Å². The quantitative estimate of drug-likeness (QED) is 0.600. The summed E-state index contributed by atoms with van der Waals surface area (Å²) >= 11 is 0. The highest BCUT2D eigenvalue weighted by Gasteiger charge is 2.31. The van der Waals surface area contributed by atoms with Gasteiger partial charge < -0.3 is 4.90 Å². The maximum absolute atomic E-state index is 13.2. The van der Waals surface area contributed by atoms with Crippen LogP contribution in [0.25, 0.3) is 0 Å². The van der Waals surface area contributed by atoms with Gasteiger partial charge in [0.15, 0.2) is 0 Å². The summed E-state index contributed by atoms with van der Waals surface area (Å²) in [6.45, 7) is 0. The first-order valence-electron chi connectivity index (χ1n) is 10.5. The Morgan fingerprint density at radius 1 is 0.609 bits per heavy atom. The Hall–Kier alpha value is -0.370. The van der Waals surface area contributed by atoms with Gasteiger partial charge in [0.25, 0.3) is 0 Å². The van der Waals surface area contributed by atoms with Gasteiger partial charge in [-0.05, 0) is 58.4 Å². The third-order valence-corrected chi connectivity index (χ3v) is 7.07. The molecule has 2 nitrogen and oxygen atoms in total. The van der Waals surface area contributed by atoms with Crippen molar-refractivity contribution >= 4 is 5.78 Å². The van der Waals surface area contributed by atoms with Crippen molar-refractivity contribution in [2.75, 3.05) is 7.05 Å². The fourth-order valence-corrected chi connectivity index (χ4v) is 5.48. The summed E-state index contributed by atoms with van der Waals surface area (Å²) in [6, 6.07) is 1.50. The van der Waals surface area contributed by atoms with E-state index in [1.54, 1.807) is 0 Å². The SMILES string of the molecule is CN1C2CCCCCC(CCC2)C(=O)C2CCCCCC1CC2. The van der Waals surface area contributed by atoms with Crippen LogP contribution in [0.2, 0.25) is 0 Å². The minimum absolute atomic E-state index is 0.381. The molecule has 0 radical (unpaired) electrons. The van der Waals surface area contributed by atoms with Gasteiger partial charge in [-0.25, -0.2) is 0 Å². The molecule has 0 aromatic rings. The monoisotopic (exact) mass is 319 g/mol. The first kappa shape index (κ1) is 17.5. The van der Waals surface area contributed by atoms with Crippen molar-refractivity contribution in [3.8, 4) is 0 Å². The standard InChI is InChI=1S/C21H37NO/c1-22-19-12-6-2-4-9-17(11-8-14-19)21(23)18-10-5-3-7-13-20(22)16-15-18/h17-20H,2-16H2,1H3. The van der Waals surface area contributed by atoms with Gasteiger partial charge >= 0.3 is 0 Å². The highest BCUT2D eigenvalue weighted by Crippen LogP contribution is 2.34. The number of Topliss-reactive ketones (excluding diaryl/α,β-unsaturated/α-hetero) is 1. The van der Waals surface area contributed by atoms with E-state index in [0.717, 1.165) is 18.5 Å². The van der Waals surface area contributed by atoms with Gasteiger partial charge in [0.05, 0.1) is 0 Å². The summed E-state index contributed by atoms with van der Waals surface area (Å²) in [5.74, 6) is 1.43. The molecule has 0 amide bonds.